The van der Waals surface area contributed by atoms with Crippen LogP contribution in [-0.4, -0.2) is 17.0 Å². The van der Waals surface area contributed by atoms with Crippen molar-refractivity contribution in [1.29, 1.82) is 0 Å². The zero-order chi connectivity index (χ0) is 12.8. The third-order valence-electron chi connectivity index (χ3n) is 2.22. The summed E-state index contributed by atoms with van der Waals surface area (Å²) in [6, 6.07) is 7.45. The van der Waals surface area contributed by atoms with Gasteiger partial charge in [0.15, 0.2) is 0 Å². The van der Waals surface area contributed by atoms with Gasteiger partial charge in [0.05, 0.1) is 0 Å². The van der Waals surface area contributed by atoms with Crippen molar-refractivity contribution in [2.24, 2.45) is 0 Å². The summed E-state index contributed by atoms with van der Waals surface area (Å²) in [4.78, 5) is 21.7. The third-order valence-corrected chi connectivity index (χ3v) is 2.22. The lowest BCUT2D eigenvalue weighted by atomic mass is 10.0. The summed E-state index contributed by atoms with van der Waals surface area (Å²) in [5, 5.41) is 11.1. The van der Waals surface area contributed by atoms with Crippen molar-refractivity contribution in [2.45, 2.75) is 19.8 Å². The molecule has 0 fully saturated rings. The van der Waals surface area contributed by atoms with Crippen LogP contribution in [0.1, 0.15) is 25.3 Å². The number of carboxylic acids is 1. The fourth-order valence-electron chi connectivity index (χ4n) is 1.44. The van der Waals surface area contributed by atoms with Crippen molar-refractivity contribution in [3.05, 3.63) is 42.0 Å². The standard InChI is InChI=1S/C13H15NO3/c1-9(2)10-5-3-4-6-11(10)14-12(15)7-8-13(16)17/h3-9H,1-2H3,(H,14,15)(H,16,17). The molecule has 0 saturated heterocycles. The molecule has 1 rings (SSSR count). The summed E-state index contributed by atoms with van der Waals surface area (Å²) in [7, 11) is 0. The molecule has 0 aliphatic heterocycles. The maximum Gasteiger partial charge on any atom is 0.328 e. The number of aliphatic carboxylic acids is 1. The van der Waals surface area contributed by atoms with Gasteiger partial charge in [-0.05, 0) is 17.5 Å². The molecular weight excluding hydrogens is 218 g/mol. The highest BCUT2D eigenvalue weighted by Gasteiger charge is 2.07. The van der Waals surface area contributed by atoms with Gasteiger partial charge in [-0.25, -0.2) is 4.79 Å². The molecule has 1 aromatic carbocycles. The van der Waals surface area contributed by atoms with E-state index in [4.69, 9.17) is 5.11 Å². The maximum atomic E-state index is 11.4. The number of hydrogen-bond donors (Lipinski definition) is 2. The fourth-order valence-corrected chi connectivity index (χ4v) is 1.44. The molecular formula is C13H15NO3. The van der Waals surface area contributed by atoms with Gasteiger partial charge in [0.2, 0.25) is 5.91 Å². The van der Waals surface area contributed by atoms with E-state index in [-0.39, 0.29) is 5.92 Å². The first-order chi connectivity index (χ1) is 8.00. The van der Waals surface area contributed by atoms with Crippen molar-refractivity contribution < 1.29 is 14.7 Å². The lowest BCUT2D eigenvalue weighted by Crippen LogP contribution is -2.10. The number of carbonyl (C=O) groups excluding carboxylic acids is 1. The van der Waals surface area contributed by atoms with E-state index in [1.54, 1.807) is 6.07 Å². The van der Waals surface area contributed by atoms with E-state index in [0.717, 1.165) is 17.7 Å². The summed E-state index contributed by atoms with van der Waals surface area (Å²) in [6.07, 6.45) is 1.81. The van der Waals surface area contributed by atoms with Crippen LogP contribution < -0.4 is 5.32 Å². The predicted molar refractivity (Wildman–Crippen MR) is 65.9 cm³/mol. The molecule has 0 atom stereocenters. The molecule has 0 aliphatic carbocycles. The number of hydrogen-bond acceptors (Lipinski definition) is 2. The van der Waals surface area contributed by atoms with Gasteiger partial charge in [-0.15, -0.1) is 0 Å². The molecule has 17 heavy (non-hydrogen) atoms. The van der Waals surface area contributed by atoms with Gasteiger partial charge in [0, 0.05) is 17.8 Å². The molecule has 1 amide bonds. The molecule has 1 aromatic rings. The predicted octanol–water partition coefficient (Wildman–Crippen LogP) is 2.39. The van der Waals surface area contributed by atoms with E-state index in [1.807, 2.05) is 32.0 Å². The Bertz CT molecular complexity index is 450. The number of carbonyl (C=O) groups is 2. The molecule has 0 aromatic heterocycles. The molecule has 0 spiro atoms. The molecule has 0 aliphatic rings. The third kappa shape index (κ3) is 4.10. The summed E-state index contributed by atoms with van der Waals surface area (Å²) in [6.45, 7) is 4.05. The highest BCUT2D eigenvalue weighted by molar-refractivity contribution is 6.02. The van der Waals surface area contributed by atoms with Gasteiger partial charge in [0.25, 0.3) is 0 Å². The molecule has 0 saturated carbocycles. The minimum atomic E-state index is -1.14. The van der Waals surface area contributed by atoms with E-state index in [2.05, 4.69) is 5.32 Å². The van der Waals surface area contributed by atoms with E-state index < -0.39 is 11.9 Å². The summed E-state index contributed by atoms with van der Waals surface area (Å²) >= 11 is 0. The molecule has 0 bridgehead atoms. The second-order valence-electron chi connectivity index (χ2n) is 3.90. The van der Waals surface area contributed by atoms with E-state index >= 15 is 0 Å². The Labute approximate surface area is 100.0 Å². The van der Waals surface area contributed by atoms with E-state index in [1.165, 1.54) is 0 Å². The van der Waals surface area contributed by atoms with Crippen LogP contribution in [0.15, 0.2) is 36.4 Å². The van der Waals surface area contributed by atoms with Crippen molar-refractivity contribution in [2.75, 3.05) is 5.32 Å². The number of anilines is 1. The second kappa shape index (κ2) is 5.84. The average molecular weight is 233 g/mol. The fraction of sp³-hybridized carbons (Fsp3) is 0.231. The van der Waals surface area contributed by atoms with Crippen LogP contribution >= 0.6 is 0 Å². The van der Waals surface area contributed by atoms with Crippen LogP contribution in [0.3, 0.4) is 0 Å². The normalized spacial score (nSPS) is 10.8. The Balaban J connectivity index is 2.81. The first-order valence-electron chi connectivity index (χ1n) is 5.31. The number of para-hydroxylation sites is 1. The zero-order valence-electron chi connectivity index (χ0n) is 9.81. The molecule has 0 radical (unpaired) electrons. The maximum absolute atomic E-state index is 11.4. The monoisotopic (exact) mass is 233 g/mol. The Morgan fingerprint density at radius 1 is 1.24 bits per heavy atom. The van der Waals surface area contributed by atoms with Crippen LogP contribution in [0.4, 0.5) is 5.69 Å². The number of amides is 1. The van der Waals surface area contributed by atoms with Crippen LogP contribution in [-0.2, 0) is 9.59 Å². The van der Waals surface area contributed by atoms with Gasteiger partial charge in [-0.1, -0.05) is 32.0 Å². The topological polar surface area (TPSA) is 66.4 Å². The number of nitrogens with one attached hydrogen (secondary N) is 1. The Morgan fingerprint density at radius 3 is 2.47 bits per heavy atom. The Kier molecular flexibility index (Phi) is 4.46. The summed E-state index contributed by atoms with van der Waals surface area (Å²) < 4.78 is 0. The molecule has 90 valence electrons. The average Bonchev–Trinajstić information content (AvgIpc) is 2.27. The van der Waals surface area contributed by atoms with Crippen molar-refractivity contribution in [1.82, 2.24) is 0 Å². The molecule has 4 nitrogen and oxygen atoms in total. The van der Waals surface area contributed by atoms with Gasteiger partial charge in [-0.2, -0.15) is 0 Å². The van der Waals surface area contributed by atoms with Crippen LogP contribution in [0.5, 0.6) is 0 Å². The van der Waals surface area contributed by atoms with Crippen molar-refractivity contribution in [3.8, 4) is 0 Å². The Hall–Kier alpha value is -2.10. The largest absolute Gasteiger partial charge is 0.478 e. The smallest absolute Gasteiger partial charge is 0.328 e. The van der Waals surface area contributed by atoms with E-state index in [9.17, 15) is 9.59 Å². The molecule has 4 heteroatoms. The highest BCUT2D eigenvalue weighted by atomic mass is 16.4. The van der Waals surface area contributed by atoms with E-state index in [0.29, 0.717) is 5.69 Å². The lowest BCUT2D eigenvalue weighted by molar-refractivity contribution is -0.131. The number of benzene rings is 1. The SMILES string of the molecule is CC(C)c1ccccc1NC(=O)C=CC(=O)O. The van der Waals surface area contributed by atoms with Gasteiger partial charge < -0.3 is 10.4 Å². The van der Waals surface area contributed by atoms with Crippen LogP contribution in [0.2, 0.25) is 0 Å². The zero-order valence-corrected chi connectivity index (χ0v) is 9.81. The van der Waals surface area contributed by atoms with Crippen molar-refractivity contribution >= 4 is 17.6 Å². The molecule has 2 N–H and O–H groups in total. The molecule has 0 heterocycles. The van der Waals surface area contributed by atoms with Gasteiger partial charge >= 0.3 is 5.97 Å². The summed E-state index contributed by atoms with van der Waals surface area (Å²) in [5.74, 6) is -1.30. The highest BCUT2D eigenvalue weighted by Crippen LogP contribution is 2.23. The summed E-state index contributed by atoms with van der Waals surface area (Å²) in [5.41, 5.74) is 1.73. The second-order valence-corrected chi connectivity index (χ2v) is 3.90. The quantitative estimate of drug-likeness (QED) is 0.785. The van der Waals surface area contributed by atoms with Crippen LogP contribution in [0.25, 0.3) is 0 Å². The minimum absolute atomic E-state index is 0.287. The lowest BCUT2D eigenvalue weighted by Gasteiger charge is -2.12. The minimum Gasteiger partial charge on any atom is -0.478 e. The van der Waals surface area contributed by atoms with Crippen molar-refractivity contribution in [3.63, 3.8) is 0 Å². The first kappa shape index (κ1) is 13.0. The first-order valence-corrected chi connectivity index (χ1v) is 5.31. The number of rotatable bonds is 4. The molecule has 0 unspecified atom stereocenters. The van der Waals surface area contributed by atoms with Gasteiger partial charge in [0.1, 0.15) is 0 Å². The number of carboxylic acid groups (broad SMARTS) is 1. The van der Waals surface area contributed by atoms with Crippen LogP contribution in [0, 0.1) is 0 Å². The Morgan fingerprint density at radius 2 is 1.88 bits per heavy atom. The van der Waals surface area contributed by atoms with Gasteiger partial charge in [-0.3, -0.25) is 4.79 Å².